The number of para-hydroxylation sites is 2. The Morgan fingerprint density at radius 3 is 2.35 bits per heavy atom. The molecule has 0 fully saturated rings. The summed E-state index contributed by atoms with van der Waals surface area (Å²) in [6.45, 7) is 9.89. The highest BCUT2D eigenvalue weighted by atomic mass is 14.9. The summed E-state index contributed by atoms with van der Waals surface area (Å²) in [5.74, 6) is 0. The van der Waals surface area contributed by atoms with Crippen LogP contribution in [0.2, 0.25) is 0 Å². The van der Waals surface area contributed by atoms with Crippen molar-refractivity contribution >= 4 is 50.4 Å². The van der Waals surface area contributed by atoms with Crippen LogP contribution in [-0.2, 0) is 7.05 Å². The number of aryl methyl sites for hydroxylation is 1. The maximum absolute atomic E-state index is 4.00. The summed E-state index contributed by atoms with van der Waals surface area (Å²) in [5.41, 5.74) is 10.4. The van der Waals surface area contributed by atoms with Gasteiger partial charge in [0.25, 0.3) is 0 Å². The van der Waals surface area contributed by atoms with E-state index in [1.54, 1.807) is 6.08 Å². The molecular weight excluding hydrogens is 484 g/mol. The van der Waals surface area contributed by atoms with Gasteiger partial charge >= 0.3 is 0 Å². The summed E-state index contributed by atoms with van der Waals surface area (Å²) >= 11 is 0. The zero-order valence-corrected chi connectivity index (χ0v) is 23.1. The van der Waals surface area contributed by atoms with Gasteiger partial charge < -0.3 is 9.88 Å². The second kappa shape index (κ2) is 12.2. The standard InChI is InChI=1S/C38H34N2/c1-5-7-8-10-16-29-21-23-34-35-27-31(22-24-37(35)40(4)38(34)26-29)30(15-6-2)25-28(3)33-19-13-14-20-36(33)39-32-17-11-9-12-18-32/h5-27,39H,1-2H2,3-4H3/b8-7-,16-10?,28-25+,30-15+. The molecule has 0 saturated carbocycles. The molecule has 0 atom stereocenters. The first-order valence-corrected chi connectivity index (χ1v) is 13.5. The summed E-state index contributed by atoms with van der Waals surface area (Å²) in [5, 5.41) is 6.06. The van der Waals surface area contributed by atoms with Crippen molar-refractivity contribution in [2.75, 3.05) is 5.32 Å². The molecule has 5 rings (SSSR count). The van der Waals surface area contributed by atoms with Crippen LogP contribution in [-0.4, -0.2) is 4.57 Å². The van der Waals surface area contributed by atoms with E-state index < -0.39 is 0 Å². The Labute approximate surface area is 237 Å². The quantitative estimate of drug-likeness (QED) is 0.192. The molecule has 0 radical (unpaired) electrons. The molecule has 1 aromatic heterocycles. The van der Waals surface area contributed by atoms with Crippen LogP contribution in [0.25, 0.3) is 39.0 Å². The fraction of sp³-hybridized carbons (Fsp3) is 0.0526. The first-order chi connectivity index (χ1) is 19.6. The number of anilines is 2. The Balaban J connectivity index is 1.53. The number of nitrogens with one attached hydrogen (secondary N) is 1. The van der Waals surface area contributed by atoms with Gasteiger partial charge in [-0.25, -0.2) is 0 Å². The van der Waals surface area contributed by atoms with Gasteiger partial charge in [-0.1, -0.05) is 116 Å². The van der Waals surface area contributed by atoms with E-state index in [4.69, 9.17) is 0 Å². The molecule has 0 aliphatic carbocycles. The van der Waals surface area contributed by atoms with Gasteiger partial charge in [0.1, 0.15) is 0 Å². The maximum atomic E-state index is 4.00. The number of allylic oxidation sites excluding steroid dienone is 9. The van der Waals surface area contributed by atoms with Gasteiger partial charge in [-0.05, 0) is 65.6 Å². The molecule has 196 valence electrons. The van der Waals surface area contributed by atoms with Gasteiger partial charge in [-0.15, -0.1) is 0 Å². The highest BCUT2D eigenvalue weighted by molar-refractivity contribution is 6.09. The van der Waals surface area contributed by atoms with Crippen LogP contribution in [0.1, 0.15) is 23.6 Å². The van der Waals surface area contributed by atoms with Crippen molar-refractivity contribution in [1.82, 2.24) is 4.57 Å². The molecule has 2 nitrogen and oxygen atoms in total. The third-order valence-electron chi connectivity index (χ3n) is 7.09. The fourth-order valence-corrected chi connectivity index (χ4v) is 5.10. The third kappa shape index (κ3) is 5.67. The molecule has 5 aromatic rings. The Bertz CT molecular complexity index is 1810. The largest absolute Gasteiger partial charge is 0.355 e. The van der Waals surface area contributed by atoms with Crippen LogP contribution in [0.15, 0.2) is 147 Å². The monoisotopic (exact) mass is 518 g/mol. The van der Waals surface area contributed by atoms with Crippen molar-refractivity contribution in [3.63, 3.8) is 0 Å². The van der Waals surface area contributed by atoms with Crippen LogP contribution in [0.3, 0.4) is 0 Å². The second-order valence-electron chi connectivity index (χ2n) is 9.77. The van der Waals surface area contributed by atoms with Crippen molar-refractivity contribution < 1.29 is 0 Å². The number of rotatable bonds is 9. The average Bonchev–Trinajstić information content (AvgIpc) is 3.26. The van der Waals surface area contributed by atoms with Gasteiger partial charge in [0.2, 0.25) is 0 Å². The predicted molar refractivity (Wildman–Crippen MR) is 177 cm³/mol. The van der Waals surface area contributed by atoms with Gasteiger partial charge in [-0.2, -0.15) is 0 Å². The maximum Gasteiger partial charge on any atom is 0.0494 e. The predicted octanol–water partition coefficient (Wildman–Crippen LogP) is 10.5. The molecule has 1 heterocycles. The van der Waals surface area contributed by atoms with Gasteiger partial charge in [0.05, 0.1) is 0 Å². The first kappa shape index (κ1) is 26.5. The zero-order chi connectivity index (χ0) is 27.9. The lowest BCUT2D eigenvalue weighted by Crippen LogP contribution is -1.95. The molecule has 0 aliphatic rings. The minimum absolute atomic E-state index is 1.07. The smallest absolute Gasteiger partial charge is 0.0494 e. The molecular formula is C38H34N2. The van der Waals surface area contributed by atoms with E-state index in [2.05, 4.69) is 128 Å². The zero-order valence-electron chi connectivity index (χ0n) is 23.1. The summed E-state index contributed by atoms with van der Waals surface area (Å²) in [4.78, 5) is 0. The minimum atomic E-state index is 1.07. The number of aromatic nitrogens is 1. The van der Waals surface area contributed by atoms with Crippen molar-refractivity contribution in [2.45, 2.75) is 6.92 Å². The van der Waals surface area contributed by atoms with E-state index in [9.17, 15) is 0 Å². The Morgan fingerprint density at radius 2 is 1.55 bits per heavy atom. The molecule has 0 unspecified atom stereocenters. The van der Waals surface area contributed by atoms with E-state index in [0.717, 1.165) is 28.1 Å². The summed E-state index contributed by atoms with van der Waals surface area (Å²) in [7, 11) is 2.14. The summed E-state index contributed by atoms with van der Waals surface area (Å²) in [6, 6.07) is 32.1. The number of hydrogen-bond acceptors (Lipinski definition) is 1. The number of hydrogen-bond donors (Lipinski definition) is 1. The molecule has 1 N–H and O–H groups in total. The van der Waals surface area contributed by atoms with Crippen molar-refractivity contribution in [2.24, 2.45) is 7.05 Å². The van der Waals surface area contributed by atoms with E-state index in [-0.39, 0.29) is 0 Å². The summed E-state index contributed by atoms with van der Waals surface area (Å²) < 4.78 is 2.27. The Hall–Kier alpha value is -5.08. The van der Waals surface area contributed by atoms with Gasteiger partial charge in [0, 0.05) is 45.8 Å². The Kier molecular flexibility index (Phi) is 8.08. The SMILES string of the molecule is C=C/C=C\C=Cc1ccc2c3cc(C(=C/C=C)/C=C(\C)c4ccccc4Nc4ccccc4)ccc3n(C)c2c1. The lowest BCUT2D eigenvalue weighted by atomic mass is 9.97. The molecule has 2 heteroatoms. The van der Waals surface area contributed by atoms with Gasteiger partial charge in [-0.3, -0.25) is 0 Å². The van der Waals surface area contributed by atoms with E-state index in [1.165, 1.54) is 32.9 Å². The number of nitrogens with zero attached hydrogens (tertiary/aromatic N) is 1. The topological polar surface area (TPSA) is 17.0 Å². The van der Waals surface area contributed by atoms with Crippen molar-refractivity contribution in [3.8, 4) is 0 Å². The second-order valence-corrected chi connectivity index (χ2v) is 9.77. The molecule has 0 saturated heterocycles. The van der Waals surface area contributed by atoms with E-state index >= 15 is 0 Å². The van der Waals surface area contributed by atoms with E-state index in [0.29, 0.717) is 0 Å². The van der Waals surface area contributed by atoms with Crippen molar-refractivity contribution in [1.29, 1.82) is 0 Å². The molecule has 4 aromatic carbocycles. The molecule has 0 bridgehead atoms. The lowest BCUT2D eigenvalue weighted by molar-refractivity contribution is 1.01. The number of benzene rings is 4. The number of fused-ring (bicyclic) bond motifs is 3. The molecule has 0 aliphatic heterocycles. The van der Waals surface area contributed by atoms with E-state index in [1.807, 2.05) is 42.5 Å². The fourth-order valence-electron chi connectivity index (χ4n) is 5.10. The Morgan fingerprint density at radius 1 is 0.750 bits per heavy atom. The first-order valence-electron chi connectivity index (χ1n) is 13.5. The van der Waals surface area contributed by atoms with Crippen LogP contribution in [0, 0.1) is 0 Å². The van der Waals surface area contributed by atoms with Crippen LogP contribution < -0.4 is 5.32 Å². The van der Waals surface area contributed by atoms with Crippen LogP contribution >= 0.6 is 0 Å². The molecule has 0 spiro atoms. The lowest BCUT2D eigenvalue weighted by Gasteiger charge is -2.13. The molecule has 0 amide bonds. The highest BCUT2D eigenvalue weighted by Crippen LogP contribution is 2.34. The van der Waals surface area contributed by atoms with Crippen LogP contribution in [0.4, 0.5) is 11.4 Å². The highest BCUT2D eigenvalue weighted by Gasteiger charge is 2.11. The minimum Gasteiger partial charge on any atom is -0.355 e. The third-order valence-corrected chi connectivity index (χ3v) is 7.09. The normalized spacial score (nSPS) is 12.6. The molecule has 40 heavy (non-hydrogen) atoms. The van der Waals surface area contributed by atoms with Gasteiger partial charge in [0.15, 0.2) is 0 Å². The average molecular weight is 519 g/mol. The van der Waals surface area contributed by atoms with Crippen LogP contribution in [0.5, 0.6) is 0 Å². The van der Waals surface area contributed by atoms with Crippen molar-refractivity contribution in [3.05, 3.63) is 163 Å². The summed E-state index contributed by atoms with van der Waals surface area (Å²) in [6.07, 6.45) is 16.0.